The Morgan fingerprint density at radius 3 is 2.62 bits per heavy atom. The lowest BCUT2D eigenvalue weighted by Crippen LogP contribution is -2.15. The Kier molecular flexibility index (Phi) is 5.41. The predicted molar refractivity (Wildman–Crippen MR) is 106 cm³/mol. The second-order valence-corrected chi connectivity index (χ2v) is 6.97. The van der Waals surface area contributed by atoms with E-state index in [-0.39, 0.29) is 6.04 Å². The summed E-state index contributed by atoms with van der Waals surface area (Å²) >= 11 is 3.34. The van der Waals surface area contributed by atoms with Crippen molar-refractivity contribution in [1.82, 2.24) is 24.7 Å². The zero-order valence-electron chi connectivity index (χ0n) is 14.9. The summed E-state index contributed by atoms with van der Waals surface area (Å²) in [7, 11) is 0. The molecule has 2 N–H and O–H groups in total. The molecule has 0 radical (unpaired) electrons. The lowest BCUT2D eigenvalue weighted by molar-refractivity contribution is 0.810. The first-order valence-electron chi connectivity index (χ1n) is 8.37. The van der Waals surface area contributed by atoms with Crippen molar-refractivity contribution in [3.05, 3.63) is 46.8 Å². The molecule has 0 unspecified atom stereocenters. The summed E-state index contributed by atoms with van der Waals surface area (Å²) in [6.45, 7) is 6.07. The van der Waals surface area contributed by atoms with Gasteiger partial charge in [-0.2, -0.15) is 9.78 Å². The van der Waals surface area contributed by atoms with E-state index in [2.05, 4.69) is 36.3 Å². The molecule has 0 saturated carbocycles. The molecule has 0 aromatic carbocycles. The smallest absolute Gasteiger partial charge is 0.251 e. The molecule has 26 heavy (non-hydrogen) atoms. The quantitative estimate of drug-likeness (QED) is 0.593. The first-order valence-corrected chi connectivity index (χ1v) is 9.16. The number of pyridine rings is 1. The van der Waals surface area contributed by atoms with Crippen molar-refractivity contribution in [2.75, 3.05) is 5.32 Å². The predicted octanol–water partition coefficient (Wildman–Crippen LogP) is 4.08. The molecule has 7 nitrogen and oxygen atoms in total. The molecule has 0 aliphatic rings. The summed E-state index contributed by atoms with van der Waals surface area (Å²) in [5.41, 5.74) is 2.89. The lowest BCUT2D eigenvalue weighted by atomic mass is 10.1. The summed E-state index contributed by atoms with van der Waals surface area (Å²) in [4.78, 5) is 13.4. The SMILES string of the molecule is CCC(=N)c1ccc(-c2ccnn2-c2ncc(Br)cn2)nc1NC(C)C. The van der Waals surface area contributed by atoms with Crippen LogP contribution in [0.3, 0.4) is 0 Å². The van der Waals surface area contributed by atoms with Crippen molar-refractivity contribution in [2.45, 2.75) is 33.2 Å². The number of aromatic nitrogens is 5. The number of hydrogen-bond donors (Lipinski definition) is 2. The average molecular weight is 414 g/mol. The molecule has 3 aromatic rings. The second kappa shape index (κ2) is 7.74. The van der Waals surface area contributed by atoms with Crippen LogP contribution in [-0.2, 0) is 0 Å². The van der Waals surface area contributed by atoms with Gasteiger partial charge in [-0.3, -0.25) is 0 Å². The molecule has 8 heteroatoms. The van der Waals surface area contributed by atoms with Gasteiger partial charge in [-0.05, 0) is 54.4 Å². The van der Waals surface area contributed by atoms with Gasteiger partial charge in [-0.25, -0.2) is 15.0 Å². The molecule has 0 fully saturated rings. The van der Waals surface area contributed by atoms with E-state index in [1.807, 2.05) is 39.0 Å². The Labute approximate surface area is 160 Å². The van der Waals surface area contributed by atoms with Gasteiger partial charge in [-0.1, -0.05) is 6.92 Å². The molecule has 0 spiro atoms. The van der Waals surface area contributed by atoms with Gasteiger partial charge in [0, 0.05) is 29.7 Å². The molecule has 3 rings (SSSR count). The summed E-state index contributed by atoms with van der Waals surface area (Å²) in [6, 6.07) is 5.91. The van der Waals surface area contributed by atoms with Crippen LogP contribution in [0.1, 0.15) is 32.8 Å². The molecule has 3 heterocycles. The monoisotopic (exact) mass is 413 g/mol. The normalized spacial score (nSPS) is 11.0. The Bertz CT molecular complexity index is 916. The van der Waals surface area contributed by atoms with Gasteiger partial charge in [0.1, 0.15) is 5.82 Å². The Morgan fingerprint density at radius 1 is 1.23 bits per heavy atom. The highest BCUT2D eigenvalue weighted by Crippen LogP contribution is 2.24. The lowest BCUT2D eigenvalue weighted by Gasteiger charge is -2.15. The van der Waals surface area contributed by atoms with Crippen LogP contribution in [-0.4, -0.2) is 36.5 Å². The van der Waals surface area contributed by atoms with Crippen molar-refractivity contribution in [1.29, 1.82) is 5.41 Å². The molecule has 0 atom stereocenters. The first-order chi connectivity index (χ1) is 12.5. The van der Waals surface area contributed by atoms with Crippen LogP contribution in [0.15, 0.2) is 41.3 Å². The van der Waals surface area contributed by atoms with Crippen LogP contribution < -0.4 is 5.32 Å². The third kappa shape index (κ3) is 3.80. The zero-order chi connectivity index (χ0) is 18.7. The number of halogens is 1. The molecule has 3 aromatic heterocycles. The molecular weight excluding hydrogens is 394 g/mol. The molecule has 134 valence electrons. The van der Waals surface area contributed by atoms with Crippen LogP contribution in [0.4, 0.5) is 5.82 Å². The molecule has 0 amide bonds. The van der Waals surface area contributed by atoms with Crippen LogP contribution in [0, 0.1) is 5.41 Å². The highest BCUT2D eigenvalue weighted by Gasteiger charge is 2.15. The molecule has 0 aliphatic heterocycles. The Morgan fingerprint density at radius 2 is 1.96 bits per heavy atom. The number of hydrogen-bond acceptors (Lipinski definition) is 6. The molecular formula is C18H20BrN7. The minimum atomic E-state index is 0.209. The van der Waals surface area contributed by atoms with Crippen molar-refractivity contribution >= 4 is 27.5 Å². The van der Waals surface area contributed by atoms with Gasteiger partial charge >= 0.3 is 0 Å². The number of nitrogens with one attached hydrogen (secondary N) is 2. The van der Waals surface area contributed by atoms with E-state index in [1.165, 1.54) is 0 Å². The van der Waals surface area contributed by atoms with E-state index in [0.29, 0.717) is 23.9 Å². The maximum Gasteiger partial charge on any atom is 0.251 e. The minimum absolute atomic E-state index is 0.209. The van der Waals surface area contributed by atoms with Crippen LogP contribution in [0.25, 0.3) is 17.3 Å². The standard InChI is InChI=1S/C18H20BrN7/c1-4-14(20)13-5-6-15(25-17(13)24-11(2)3)16-7-8-23-26(16)18-21-9-12(19)10-22-18/h5-11,20H,4H2,1-3H3,(H,24,25). The Hall–Kier alpha value is -2.61. The highest BCUT2D eigenvalue weighted by atomic mass is 79.9. The molecule has 0 bridgehead atoms. The van der Waals surface area contributed by atoms with E-state index in [1.54, 1.807) is 23.3 Å². The number of rotatable bonds is 6. The second-order valence-electron chi connectivity index (χ2n) is 6.05. The third-order valence-electron chi connectivity index (χ3n) is 3.70. The minimum Gasteiger partial charge on any atom is -0.367 e. The van der Waals surface area contributed by atoms with E-state index >= 15 is 0 Å². The maximum absolute atomic E-state index is 8.18. The fraction of sp³-hybridized carbons (Fsp3) is 0.278. The van der Waals surface area contributed by atoms with Gasteiger partial charge in [-0.15, -0.1) is 0 Å². The maximum atomic E-state index is 8.18. The average Bonchev–Trinajstić information content (AvgIpc) is 3.11. The van der Waals surface area contributed by atoms with Crippen LogP contribution in [0.5, 0.6) is 0 Å². The molecule has 0 aliphatic carbocycles. The van der Waals surface area contributed by atoms with Crippen molar-refractivity contribution in [3.8, 4) is 17.3 Å². The summed E-state index contributed by atoms with van der Waals surface area (Å²) in [6.07, 6.45) is 5.70. The largest absolute Gasteiger partial charge is 0.367 e. The topological polar surface area (TPSA) is 92.4 Å². The fourth-order valence-corrected chi connectivity index (χ4v) is 2.70. The highest BCUT2D eigenvalue weighted by molar-refractivity contribution is 9.10. The number of anilines is 1. The van der Waals surface area contributed by atoms with Crippen molar-refractivity contribution in [2.24, 2.45) is 0 Å². The Balaban J connectivity index is 2.06. The first kappa shape index (κ1) is 18.2. The van der Waals surface area contributed by atoms with Gasteiger partial charge in [0.2, 0.25) is 0 Å². The van der Waals surface area contributed by atoms with Crippen LogP contribution in [0.2, 0.25) is 0 Å². The summed E-state index contributed by atoms with van der Waals surface area (Å²) in [5.74, 6) is 1.17. The zero-order valence-corrected chi connectivity index (χ0v) is 16.4. The third-order valence-corrected chi connectivity index (χ3v) is 4.11. The molecule has 0 saturated heterocycles. The van der Waals surface area contributed by atoms with Crippen molar-refractivity contribution < 1.29 is 0 Å². The van der Waals surface area contributed by atoms with E-state index in [4.69, 9.17) is 10.4 Å². The van der Waals surface area contributed by atoms with Gasteiger partial charge in [0.25, 0.3) is 5.95 Å². The van der Waals surface area contributed by atoms with E-state index in [0.717, 1.165) is 21.4 Å². The van der Waals surface area contributed by atoms with Gasteiger partial charge < -0.3 is 10.7 Å². The van der Waals surface area contributed by atoms with Crippen LogP contribution >= 0.6 is 15.9 Å². The van der Waals surface area contributed by atoms with Gasteiger partial charge in [0.05, 0.1) is 22.1 Å². The van der Waals surface area contributed by atoms with E-state index < -0.39 is 0 Å². The summed E-state index contributed by atoms with van der Waals surface area (Å²) in [5, 5.41) is 15.9. The summed E-state index contributed by atoms with van der Waals surface area (Å²) < 4.78 is 2.46. The number of nitrogens with zero attached hydrogens (tertiary/aromatic N) is 5. The van der Waals surface area contributed by atoms with Gasteiger partial charge in [0.15, 0.2) is 0 Å². The van der Waals surface area contributed by atoms with E-state index in [9.17, 15) is 0 Å². The van der Waals surface area contributed by atoms with Crippen molar-refractivity contribution in [3.63, 3.8) is 0 Å². The fourth-order valence-electron chi connectivity index (χ4n) is 2.49.